The molecule has 0 fully saturated rings. The van der Waals surface area contributed by atoms with Crippen LogP contribution >= 0.6 is 24.0 Å². The summed E-state index contributed by atoms with van der Waals surface area (Å²) in [5.74, 6) is -0.0178. The van der Waals surface area contributed by atoms with E-state index in [1.54, 1.807) is 23.5 Å². The number of allylic oxidation sites excluding steroid dienone is 4. The van der Waals surface area contributed by atoms with Crippen molar-refractivity contribution in [1.82, 2.24) is 5.32 Å². The van der Waals surface area contributed by atoms with Gasteiger partial charge in [-0.3, -0.25) is 4.79 Å². The first-order valence-electron chi connectivity index (χ1n) is 10.5. The van der Waals surface area contributed by atoms with E-state index in [4.69, 9.17) is 18.0 Å². The maximum Gasteiger partial charge on any atom is 0.227 e. The average Bonchev–Trinajstić information content (AvgIpc) is 2.76. The number of carbonyl (C=O) groups is 1. The Balaban J connectivity index is 0.00000131. The van der Waals surface area contributed by atoms with Crippen LogP contribution in [0.1, 0.15) is 47.0 Å². The van der Waals surface area contributed by atoms with E-state index in [9.17, 15) is 4.79 Å². The number of nitrogens with zero attached hydrogens (tertiary/aromatic N) is 1. The van der Waals surface area contributed by atoms with Crippen molar-refractivity contribution in [2.45, 2.75) is 51.9 Å². The zero-order chi connectivity index (χ0) is 23.5. The molecule has 0 bridgehead atoms. The Kier molecular flexibility index (Phi) is 17.1. The third-order valence-electron chi connectivity index (χ3n) is 4.00. The van der Waals surface area contributed by atoms with E-state index < -0.39 is 0 Å². The first-order valence-corrected chi connectivity index (χ1v) is 12.2. The lowest BCUT2D eigenvalue weighted by Gasteiger charge is -2.22. The highest BCUT2D eigenvalue weighted by atomic mass is 32.2. The third-order valence-corrected chi connectivity index (χ3v) is 5.04. The molecule has 0 saturated heterocycles. The largest absolute Gasteiger partial charge is 0.403 e. The summed E-state index contributed by atoms with van der Waals surface area (Å²) >= 11 is 6.91. The van der Waals surface area contributed by atoms with Gasteiger partial charge in [0.1, 0.15) is 0 Å². The second kappa shape index (κ2) is 18.5. The van der Waals surface area contributed by atoms with E-state index in [1.807, 2.05) is 68.2 Å². The van der Waals surface area contributed by atoms with Gasteiger partial charge in [0, 0.05) is 23.6 Å². The number of para-hydroxylation sites is 1. The summed E-state index contributed by atoms with van der Waals surface area (Å²) in [7, 11) is 0. The molecular formula is C25H37N3OS2. The number of nitrogens with one attached hydrogen (secondary N) is 1. The van der Waals surface area contributed by atoms with E-state index in [2.05, 4.69) is 30.6 Å². The normalized spacial score (nSPS) is 11.9. The van der Waals surface area contributed by atoms with E-state index in [-0.39, 0.29) is 5.91 Å². The van der Waals surface area contributed by atoms with Crippen LogP contribution in [0.25, 0.3) is 0 Å². The minimum atomic E-state index is -0.0178. The van der Waals surface area contributed by atoms with Crippen LogP contribution in [-0.2, 0) is 4.79 Å². The maximum absolute atomic E-state index is 11.7. The van der Waals surface area contributed by atoms with Crippen molar-refractivity contribution < 1.29 is 4.79 Å². The van der Waals surface area contributed by atoms with Crippen molar-refractivity contribution >= 4 is 41.1 Å². The van der Waals surface area contributed by atoms with Crippen molar-refractivity contribution in [1.29, 1.82) is 0 Å². The summed E-state index contributed by atoms with van der Waals surface area (Å²) in [6.45, 7) is 8.65. The molecule has 0 aliphatic rings. The Morgan fingerprint density at radius 2 is 1.94 bits per heavy atom. The fourth-order valence-corrected chi connectivity index (χ4v) is 3.25. The highest BCUT2D eigenvalue weighted by Crippen LogP contribution is 2.28. The lowest BCUT2D eigenvalue weighted by molar-refractivity contribution is -0.119. The Hall–Kier alpha value is -2.31. The maximum atomic E-state index is 11.7. The molecule has 6 heteroatoms. The fourth-order valence-electron chi connectivity index (χ4n) is 2.45. The first kappa shape index (κ1) is 28.7. The van der Waals surface area contributed by atoms with Crippen molar-refractivity contribution in [3.05, 3.63) is 72.1 Å². The van der Waals surface area contributed by atoms with Crippen molar-refractivity contribution in [2.24, 2.45) is 5.73 Å². The number of carbonyl (C=O) groups excluding carboxylic acids is 1. The number of amides is 1. The molecule has 1 amide bonds. The number of nitrogens with two attached hydrogens (primary N) is 1. The molecule has 0 aromatic heterocycles. The summed E-state index contributed by atoms with van der Waals surface area (Å²) in [6.07, 6.45) is 15.9. The van der Waals surface area contributed by atoms with Gasteiger partial charge in [0.05, 0.1) is 11.2 Å². The zero-order valence-electron chi connectivity index (χ0n) is 19.4. The second-order valence-corrected chi connectivity index (χ2v) is 7.67. The fraction of sp³-hybridized carbons (Fsp3) is 0.360. The van der Waals surface area contributed by atoms with Gasteiger partial charge in [-0.05, 0) is 56.9 Å². The molecule has 0 saturated carbocycles. The Morgan fingerprint density at radius 1 is 1.23 bits per heavy atom. The van der Waals surface area contributed by atoms with Crippen LogP contribution in [0.4, 0.5) is 5.69 Å². The standard InChI is InChI=1S/C20H26N2OS2.C5H11N/c1-4-6-14-21-20(23)13-9-10-17(5-2)15-22(16-24)18-11-7-8-12-19(18)25-3;1-3-4-5(2)6/h5-12,14,16H,4,13,15H2,1-3H3,(H,21,23);4H,3,6H2,1-2H3/b10-9-,14-6+,17-5+;5-4+. The molecule has 0 unspecified atom stereocenters. The third kappa shape index (κ3) is 13.6. The monoisotopic (exact) mass is 459 g/mol. The quantitative estimate of drug-likeness (QED) is 0.229. The van der Waals surface area contributed by atoms with Crippen LogP contribution < -0.4 is 16.0 Å². The van der Waals surface area contributed by atoms with Gasteiger partial charge in [-0.15, -0.1) is 11.8 Å². The zero-order valence-corrected chi connectivity index (χ0v) is 21.1. The minimum Gasteiger partial charge on any atom is -0.403 e. The summed E-state index contributed by atoms with van der Waals surface area (Å²) in [5, 5.41) is 2.74. The van der Waals surface area contributed by atoms with Gasteiger partial charge in [0.15, 0.2) is 0 Å². The Bertz CT molecular complexity index is 779. The topological polar surface area (TPSA) is 58.4 Å². The van der Waals surface area contributed by atoms with Gasteiger partial charge in [0.2, 0.25) is 5.91 Å². The molecule has 1 aromatic rings. The highest BCUT2D eigenvalue weighted by molar-refractivity contribution is 7.98. The molecule has 0 heterocycles. The van der Waals surface area contributed by atoms with Gasteiger partial charge in [-0.1, -0.05) is 68.6 Å². The van der Waals surface area contributed by atoms with Crippen molar-refractivity contribution in [3.8, 4) is 0 Å². The molecule has 170 valence electrons. The lowest BCUT2D eigenvalue weighted by atomic mass is 10.2. The minimum absolute atomic E-state index is 0.0178. The molecule has 0 radical (unpaired) electrons. The predicted molar refractivity (Wildman–Crippen MR) is 143 cm³/mol. The molecule has 0 aliphatic carbocycles. The van der Waals surface area contributed by atoms with E-state index >= 15 is 0 Å². The second-order valence-electron chi connectivity index (χ2n) is 6.61. The van der Waals surface area contributed by atoms with Crippen LogP contribution in [0.2, 0.25) is 0 Å². The van der Waals surface area contributed by atoms with E-state index in [0.29, 0.717) is 13.0 Å². The molecular weight excluding hydrogens is 422 g/mol. The highest BCUT2D eigenvalue weighted by Gasteiger charge is 2.09. The number of hydrogen-bond donors (Lipinski definition) is 2. The number of thiocarbonyl (C=S) groups is 1. The van der Waals surface area contributed by atoms with Crippen LogP contribution in [0.5, 0.6) is 0 Å². The van der Waals surface area contributed by atoms with Gasteiger partial charge in [-0.25, -0.2) is 0 Å². The van der Waals surface area contributed by atoms with E-state index in [1.165, 1.54) is 4.90 Å². The van der Waals surface area contributed by atoms with Crippen LogP contribution in [0, 0.1) is 0 Å². The summed E-state index contributed by atoms with van der Waals surface area (Å²) < 4.78 is 0. The molecule has 0 aliphatic heterocycles. The average molecular weight is 460 g/mol. The molecule has 0 atom stereocenters. The SMILES string of the molecule is C/C=C(\C=C/CC(=O)N/C=C/CC)CN(C=S)c1ccccc1SC.CC/C=C(\C)N. The molecule has 1 rings (SSSR count). The summed E-state index contributed by atoms with van der Waals surface area (Å²) in [4.78, 5) is 14.9. The Labute approximate surface area is 198 Å². The summed E-state index contributed by atoms with van der Waals surface area (Å²) in [5.41, 5.74) is 10.1. The van der Waals surface area contributed by atoms with Crippen LogP contribution in [-0.4, -0.2) is 24.2 Å². The molecule has 4 nitrogen and oxygen atoms in total. The number of benzene rings is 1. The molecule has 0 spiro atoms. The van der Waals surface area contributed by atoms with E-state index in [0.717, 1.165) is 29.8 Å². The number of rotatable bonds is 11. The first-order chi connectivity index (χ1) is 14.9. The lowest BCUT2D eigenvalue weighted by Crippen LogP contribution is -2.23. The predicted octanol–water partition coefficient (Wildman–Crippen LogP) is 6.36. The molecule has 1 aromatic carbocycles. The van der Waals surface area contributed by atoms with Crippen LogP contribution in [0.3, 0.4) is 0 Å². The smallest absolute Gasteiger partial charge is 0.227 e. The van der Waals surface area contributed by atoms with Gasteiger partial charge >= 0.3 is 0 Å². The molecule has 3 N–H and O–H groups in total. The Morgan fingerprint density at radius 3 is 2.45 bits per heavy atom. The summed E-state index contributed by atoms with van der Waals surface area (Å²) in [6, 6.07) is 8.20. The molecule has 31 heavy (non-hydrogen) atoms. The van der Waals surface area contributed by atoms with Crippen LogP contribution in [0.15, 0.2) is 77.0 Å². The van der Waals surface area contributed by atoms with Crippen molar-refractivity contribution in [2.75, 3.05) is 17.7 Å². The van der Waals surface area contributed by atoms with Gasteiger partial charge < -0.3 is 16.0 Å². The number of hydrogen-bond acceptors (Lipinski definition) is 4. The van der Waals surface area contributed by atoms with Gasteiger partial charge in [-0.2, -0.15) is 0 Å². The number of thioether (sulfide) groups is 1. The van der Waals surface area contributed by atoms with Crippen molar-refractivity contribution in [3.63, 3.8) is 0 Å². The van der Waals surface area contributed by atoms with Gasteiger partial charge in [0.25, 0.3) is 0 Å². The number of anilines is 1.